The van der Waals surface area contributed by atoms with Gasteiger partial charge in [0, 0.05) is 38.0 Å². The molecule has 8 heavy (non-hydrogen) atoms. The fourth-order valence-electron chi connectivity index (χ4n) is 1.42. The van der Waals surface area contributed by atoms with Crippen molar-refractivity contribution in [2.24, 2.45) is 0 Å². The molecule has 1 fully saturated rings. The Morgan fingerprint density at radius 1 is 1.88 bits per heavy atom. The van der Waals surface area contributed by atoms with Crippen LogP contribution in [0.1, 0.15) is 6.42 Å². The highest BCUT2D eigenvalue weighted by atomic mass is 15.2. The molecule has 2 heteroatoms. The number of nitrogens with one attached hydrogen (secondary N) is 1. The lowest BCUT2D eigenvalue weighted by atomic mass is 10.3. The van der Waals surface area contributed by atoms with Gasteiger partial charge in [-0.3, -0.25) is 0 Å². The second-order valence-electron chi connectivity index (χ2n) is 2.58. The minimum absolute atomic E-state index is 0.731. The molecule has 0 amide bonds. The summed E-state index contributed by atoms with van der Waals surface area (Å²) in [6.07, 6.45) is 3.37. The van der Waals surface area contributed by atoms with Gasteiger partial charge in [-0.25, -0.2) is 0 Å². The first-order valence-electron chi connectivity index (χ1n) is 3.02. The summed E-state index contributed by atoms with van der Waals surface area (Å²) in [4.78, 5) is 2.31. The monoisotopic (exact) mass is 110 g/mol. The standard InChI is InChI=1S/C6H10N2/c1-8-4-5-2-6(8)3-7-5/h3,5,7H,2,4H2,1H3/t5-/m0/s1. The molecule has 1 N–H and O–H groups in total. The SMILES string of the molecule is CN1C[C@@H]2CC1=CN2. The average Bonchev–Trinajstić information content (AvgIpc) is 2.23. The molecular weight excluding hydrogens is 100 g/mol. The van der Waals surface area contributed by atoms with Gasteiger partial charge in [0.1, 0.15) is 0 Å². The molecule has 0 aromatic heterocycles. The topological polar surface area (TPSA) is 15.3 Å². The van der Waals surface area contributed by atoms with Crippen LogP contribution in [-0.4, -0.2) is 24.5 Å². The Bertz CT molecular complexity index is 139. The molecule has 0 spiro atoms. The lowest BCUT2D eigenvalue weighted by molar-refractivity contribution is 0.428. The highest BCUT2D eigenvalue weighted by molar-refractivity contribution is 5.15. The third-order valence-corrected chi connectivity index (χ3v) is 1.93. The summed E-state index contributed by atoms with van der Waals surface area (Å²) in [5.74, 6) is 0. The van der Waals surface area contributed by atoms with Crippen LogP contribution in [0, 0.1) is 0 Å². The van der Waals surface area contributed by atoms with Crippen molar-refractivity contribution in [2.45, 2.75) is 12.5 Å². The van der Waals surface area contributed by atoms with E-state index < -0.39 is 0 Å². The van der Waals surface area contributed by atoms with E-state index in [4.69, 9.17) is 0 Å². The molecule has 2 rings (SSSR count). The molecule has 2 aliphatic heterocycles. The lowest BCUT2D eigenvalue weighted by Crippen LogP contribution is -2.29. The zero-order valence-corrected chi connectivity index (χ0v) is 5.02. The van der Waals surface area contributed by atoms with Gasteiger partial charge < -0.3 is 10.2 Å². The highest BCUT2D eigenvalue weighted by Crippen LogP contribution is 2.23. The Balaban J connectivity index is 2.28. The Morgan fingerprint density at radius 2 is 2.75 bits per heavy atom. The summed E-state index contributed by atoms with van der Waals surface area (Å²) in [5, 5.41) is 3.28. The zero-order valence-electron chi connectivity index (χ0n) is 5.02. The van der Waals surface area contributed by atoms with Gasteiger partial charge in [-0.2, -0.15) is 0 Å². The first-order chi connectivity index (χ1) is 3.86. The summed E-state index contributed by atoms with van der Waals surface area (Å²) in [7, 11) is 2.15. The Kier molecular flexibility index (Phi) is 0.629. The van der Waals surface area contributed by atoms with Crippen molar-refractivity contribution in [3.63, 3.8) is 0 Å². The first-order valence-corrected chi connectivity index (χ1v) is 3.02. The molecule has 0 aliphatic carbocycles. The van der Waals surface area contributed by atoms with Crippen molar-refractivity contribution in [3.05, 3.63) is 11.9 Å². The number of fused-ring (bicyclic) bond motifs is 2. The van der Waals surface area contributed by atoms with Crippen LogP contribution in [0.3, 0.4) is 0 Å². The van der Waals surface area contributed by atoms with Crippen LogP contribution in [0.5, 0.6) is 0 Å². The molecule has 44 valence electrons. The van der Waals surface area contributed by atoms with E-state index in [1.165, 1.54) is 18.7 Å². The van der Waals surface area contributed by atoms with Crippen molar-refractivity contribution in [3.8, 4) is 0 Å². The largest absolute Gasteiger partial charge is 0.385 e. The van der Waals surface area contributed by atoms with Gasteiger partial charge in [-0.1, -0.05) is 0 Å². The molecule has 0 aromatic carbocycles. The van der Waals surface area contributed by atoms with Crippen LogP contribution in [0.2, 0.25) is 0 Å². The number of likely N-dealkylation sites (tertiary alicyclic amines) is 1. The van der Waals surface area contributed by atoms with Crippen LogP contribution < -0.4 is 5.32 Å². The molecule has 0 aromatic rings. The molecule has 2 heterocycles. The number of likely N-dealkylation sites (N-methyl/N-ethyl adjacent to an activating group) is 1. The smallest absolute Gasteiger partial charge is 0.0486 e. The molecule has 1 saturated heterocycles. The van der Waals surface area contributed by atoms with E-state index in [-0.39, 0.29) is 0 Å². The minimum atomic E-state index is 0.731. The number of hydrogen-bond donors (Lipinski definition) is 1. The van der Waals surface area contributed by atoms with Crippen LogP contribution in [0.15, 0.2) is 11.9 Å². The van der Waals surface area contributed by atoms with Crippen molar-refractivity contribution in [1.82, 2.24) is 10.2 Å². The Morgan fingerprint density at radius 3 is 3.00 bits per heavy atom. The fraction of sp³-hybridized carbons (Fsp3) is 0.667. The Hall–Kier alpha value is -0.660. The minimum Gasteiger partial charge on any atom is -0.385 e. The summed E-state index contributed by atoms with van der Waals surface area (Å²) in [6, 6.07) is 0.731. The molecule has 2 nitrogen and oxygen atoms in total. The molecule has 2 bridgehead atoms. The summed E-state index contributed by atoms with van der Waals surface area (Å²) < 4.78 is 0. The lowest BCUT2D eigenvalue weighted by Gasteiger charge is -2.17. The van der Waals surface area contributed by atoms with Crippen LogP contribution in [0.25, 0.3) is 0 Å². The van der Waals surface area contributed by atoms with Gasteiger partial charge in [0.15, 0.2) is 0 Å². The maximum atomic E-state index is 3.28. The molecule has 1 atom stereocenters. The average molecular weight is 110 g/mol. The van der Waals surface area contributed by atoms with Gasteiger partial charge in [-0.15, -0.1) is 0 Å². The van der Waals surface area contributed by atoms with E-state index >= 15 is 0 Å². The van der Waals surface area contributed by atoms with Crippen molar-refractivity contribution in [2.75, 3.05) is 13.6 Å². The first kappa shape index (κ1) is 4.24. The summed E-state index contributed by atoms with van der Waals surface area (Å²) in [6.45, 7) is 1.20. The second-order valence-corrected chi connectivity index (χ2v) is 2.58. The quantitative estimate of drug-likeness (QED) is 0.477. The number of rotatable bonds is 0. The van der Waals surface area contributed by atoms with Gasteiger partial charge in [0.25, 0.3) is 0 Å². The van der Waals surface area contributed by atoms with Gasteiger partial charge in [0.2, 0.25) is 0 Å². The molecule has 0 unspecified atom stereocenters. The predicted octanol–water partition coefficient (Wildman–Crippen LogP) is 0.135. The molecule has 0 radical (unpaired) electrons. The third-order valence-electron chi connectivity index (χ3n) is 1.93. The maximum absolute atomic E-state index is 3.28. The van der Waals surface area contributed by atoms with Crippen LogP contribution in [0.4, 0.5) is 0 Å². The zero-order chi connectivity index (χ0) is 5.56. The van der Waals surface area contributed by atoms with E-state index in [1.807, 2.05) is 0 Å². The van der Waals surface area contributed by atoms with Crippen molar-refractivity contribution in [1.29, 1.82) is 0 Å². The normalized spacial score (nSPS) is 32.9. The number of nitrogens with zero attached hydrogens (tertiary/aromatic N) is 1. The maximum Gasteiger partial charge on any atom is 0.0486 e. The fourth-order valence-corrected chi connectivity index (χ4v) is 1.42. The summed E-state index contributed by atoms with van der Waals surface area (Å²) >= 11 is 0. The van der Waals surface area contributed by atoms with E-state index in [0.717, 1.165) is 6.04 Å². The van der Waals surface area contributed by atoms with E-state index in [2.05, 4.69) is 23.5 Å². The van der Waals surface area contributed by atoms with E-state index in [0.29, 0.717) is 0 Å². The Labute approximate surface area is 49.2 Å². The summed E-state index contributed by atoms with van der Waals surface area (Å²) in [5.41, 5.74) is 1.47. The number of hydrogen-bond acceptors (Lipinski definition) is 2. The van der Waals surface area contributed by atoms with Crippen LogP contribution >= 0.6 is 0 Å². The molecule has 2 aliphatic rings. The molecular formula is C6H10N2. The van der Waals surface area contributed by atoms with E-state index in [9.17, 15) is 0 Å². The third kappa shape index (κ3) is 0.377. The van der Waals surface area contributed by atoms with Crippen LogP contribution in [-0.2, 0) is 0 Å². The van der Waals surface area contributed by atoms with Gasteiger partial charge >= 0.3 is 0 Å². The highest BCUT2D eigenvalue weighted by Gasteiger charge is 2.27. The van der Waals surface area contributed by atoms with Gasteiger partial charge in [-0.05, 0) is 0 Å². The molecule has 0 saturated carbocycles. The van der Waals surface area contributed by atoms with Gasteiger partial charge in [0.05, 0.1) is 0 Å². The van der Waals surface area contributed by atoms with Crippen molar-refractivity contribution >= 4 is 0 Å². The van der Waals surface area contributed by atoms with Crippen molar-refractivity contribution < 1.29 is 0 Å². The van der Waals surface area contributed by atoms with E-state index in [1.54, 1.807) is 0 Å². The second kappa shape index (κ2) is 1.19. The predicted molar refractivity (Wildman–Crippen MR) is 32.3 cm³/mol.